The van der Waals surface area contributed by atoms with Crippen LogP contribution in [0.4, 0.5) is 0 Å². The summed E-state index contributed by atoms with van der Waals surface area (Å²) in [5, 5.41) is 18.2. The van der Waals surface area contributed by atoms with E-state index in [1.165, 1.54) is 0 Å². The van der Waals surface area contributed by atoms with Crippen molar-refractivity contribution in [1.82, 2.24) is 14.5 Å². The van der Waals surface area contributed by atoms with E-state index in [1.54, 1.807) is 12.4 Å². The molecule has 0 aromatic carbocycles. The van der Waals surface area contributed by atoms with Crippen LogP contribution in [0.15, 0.2) is 36.7 Å². The minimum atomic E-state index is 0.0965. The van der Waals surface area contributed by atoms with Gasteiger partial charge < -0.3 is 14.8 Å². The topological polar surface area (TPSA) is 61.5 Å². The number of aliphatic hydroxyl groups is 2. The van der Waals surface area contributed by atoms with E-state index in [0.717, 1.165) is 17.0 Å². The third kappa shape index (κ3) is 4.53. The maximum Gasteiger partial charge on any atom is 0.0558 e. The van der Waals surface area contributed by atoms with Gasteiger partial charge >= 0.3 is 0 Å². The number of rotatable bonds is 8. The summed E-state index contributed by atoms with van der Waals surface area (Å²) in [6.45, 7) is 2.03. The highest BCUT2D eigenvalue weighted by Gasteiger charge is 2.08. The van der Waals surface area contributed by atoms with Crippen molar-refractivity contribution in [3.8, 4) is 0 Å². The quantitative estimate of drug-likeness (QED) is 0.773. The molecule has 5 nitrogen and oxygen atoms in total. The summed E-state index contributed by atoms with van der Waals surface area (Å²) >= 11 is 0. The summed E-state index contributed by atoms with van der Waals surface area (Å²) in [5.74, 6) is 0. The van der Waals surface area contributed by atoms with Gasteiger partial charge in [-0.25, -0.2) is 0 Å². The molecular weight excluding hydrogens is 278 g/mol. The molecule has 0 atom stereocenters. The Morgan fingerprint density at radius 2 is 1.73 bits per heavy atom. The predicted octanol–water partition coefficient (Wildman–Crippen LogP) is 1.38. The zero-order chi connectivity index (χ0) is 15.8. The molecule has 0 unspecified atom stereocenters. The number of pyridine rings is 1. The molecule has 2 heterocycles. The monoisotopic (exact) mass is 301 g/mol. The van der Waals surface area contributed by atoms with E-state index in [2.05, 4.69) is 33.8 Å². The van der Waals surface area contributed by atoms with Gasteiger partial charge in [-0.1, -0.05) is 6.08 Å². The first kappa shape index (κ1) is 16.4. The summed E-state index contributed by atoms with van der Waals surface area (Å²) in [6, 6.07) is 8.08. The second kappa shape index (κ2) is 8.48. The number of nitrogens with zero attached hydrogens (tertiary/aromatic N) is 3. The Morgan fingerprint density at radius 1 is 1.05 bits per heavy atom. The first-order valence-electron chi connectivity index (χ1n) is 7.41. The highest BCUT2D eigenvalue weighted by Crippen LogP contribution is 2.13. The smallest absolute Gasteiger partial charge is 0.0558 e. The predicted molar refractivity (Wildman–Crippen MR) is 88.0 cm³/mol. The Morgan fingerprint density at radius 3 is 2.36 bits per heavy atom. The van der Waals surface area contributed by atoms with Gasteiger partial charge in [0.25, 0.3) is 0 Å². The molecule has 0 saturated heterocycles. The van der Waals surface area contributed by atoms with Gasteiger partial charge in [0.15, 0.2) is 0 Å². The molecule has 0 aliphatic heterocycles. The fraction of sp³-hybridized carbons (Fsp3) is 0.353. The molecule has 118 valence electrons. The van der Waals surface area contributed by atoms with Crippen molar-refractivity contribution < 1.29 is 10.2 Å². The van der Waals surface area contributed by atoms with Crippen LogP contribution in [0.1, 0.15) is 17.0 Å². The van der Waals surface area contributed by atoms with Crippen molar-refractivity contribution in [2.45, 2.75) is 6.54 Å². The van der Waals surface area contributed by atoms with Crippen molar-refractivity contribution in [2.24, 2.45) is 7.05 Å². The Bertz CT molecular complexity index is 587. The average Bonchev–Trinajstić information content (AvgIpc) is 2.87. The average molecular weight is 301 g/mol. The minimum absolute atomic E-state index is 0.0965. The Labute approximate surface area is 131 Å². The van der Waals surface area contributed by atoms with E-state index in [1.807, 2.05) is 24.1 Å². The SMILES string of the molecule is Cn1c(/C=C/c2ccncc2)ccc1CN(CCO)CCO. The molecule has 0 aliphatic carbocycles. The van der Waals surface area contributed by atoms with E-state index in [-0.39, 0.29) is 13.2 Å². The molecule has 2 aromatic heterocycles. The van der Waals surface area contributed by atoms with Gasteiger partial charge in [0, 0.05) is 50.5 Å². The molecular formula is C17H23N3O2. The third-order valence-electron chi connectivity index (χ3n) is 3.64. The lowest BCUT2D eigenvalue weighted by atomic mass is 10.2. The van der Waals surface area contributed by atoms with E-state index in [0.29, 0.717) is 19.6 Å². The van der Waals surface area contributed by atoms with E-state index >= 15 is 0 Å². The molecule has 2 aromatic rings. The number of aromatic nitrogens is 2. The standard InChI is InChI=1S/C17H23N3O2/c1-19-16(3-2-15-6-8-18-9-7-15)4-5-17(19)14-20(10-12-21)11-13-22/h2-9,21-22H,10-14H2,1H3/b3-2+. The molecule has 0 spiro atoms. The molecule has 2 rings (SSSR count). The molecule has 22 heavy (non-hydrogen) atoms. The highest BCUT2D eigenvalue weighted by molar-refractivity contribution is 5.68. The fourth-order valence-electron chi connectivity index (χ4n) is 2.34. The summed E-state index contributed by atoms with van der Waals surface area (Å²) < 4.78 is 2.12. The van der Waals surface area contributed by atoms with E-state index < -0.39 is 0 Å². The third-order valence-corrected chi connectivity index (χ3v) is 3.64. The second-order valence-electron chi connectivity index (χ2n) is 5.15. The summed E-state index contributed by atoms with van der Waals surface area (Å²) in [5.41, 5.74) is 3.37. The molecule has 0 bridgehead atoms. The summed E-state index contributed by atoms with van der Waals surface area (Å²) in [4.78, 5) is 6.04. The van der Waals surface area contributed by atoms with Crippen LogP contribution in [0, 0.1) is 0 Å². The van der Waals surface area contributed by atoms with Crippen LogP contribution in [-0.2, 0) is 13.6 Å². The van der Waals surface area contributed by atoms with Crippen molar-refractivity contribution in [3.05, 3.63) is 53.6 Å². The van der Waals surface area contributed by atoms with Crippen molar-refractivity contribution in [1.29, 1.82) is 0 Å². The van der Waals surface area contributed by atoms with Gasteiger partial charge in [0.05, 0.1) is 13.2 Å². The Balaban J connectivity index is 2.07. The zero-order valence-electron chi connectivity index (χ0n) is 12.9. The van der Waals surface area contributed by atoms with Gasteiger partial charge in [-0.2, -0.15) is 0 Å². The van der Waals surface area contributed by atoms with Crippen molar-refractivity contribution >= 4 is 12.2 Å². The number of aliphatic hydroxyl groups excluding tert-OH is 2. The maximum absolute atomic E-state index is 9.08. The van der Waals surface area contributed by atoms with Crippen LogP contribution >= 0.6 is 0 Å². The second-order valence-corrected chi connectivity index (χ2v) is 5.15. The molecule has 0 amide bonds. The fourth-order valence-corrected chi connectivity index (χ4v) is 2.34. The lowest BCUT2D eigenvalue weighted by Gasteiger charge is -2.20. The van der Waals surface area contributed by atoms with Crippen molar-refractivity contribution in [2.75, 3.05) is 26.3 Å². The van der Waals surface area contributed by atoms with Gasteiger partial charge in [-0.05, 0) is 35.9 Å². The van der Waals surface area contributed by atoms with Gasteiger partial charge in [0.2, 0.25) is 0 Å². The van der Waals surface area contributed by atoms with Crippen LogP contribution in [-0.4, -0.2) is 51.0 Å². The lowest BCUT2D eigenvalue weighted by molar-refractivity contribution is 0.154. The van der Waals surface area contributed by atoms with Gasteiger partial charge in [-0.15, -0.1) is 0 Å². The van der Waals surface area contributed by atoms with Crippen molar-refractivity contribution in [3.63, 3.8) is 0 Å². The lowest BCUT2D eigenvalue weighted by Crippen LogP contribution is -2.30. The molecule has 0 radical (unpaired) electrons. The molecule has 0 saturated carbocycles. The Kier molecular flexibility index (Phi) is 6.33. The van der Waals surface area contributed by atoms with Gasteiger partial charge in [-0.3, -0.25) is 9.88 Å². The zero-order valence-corrected chi connectivity index (χ0v) is 12.9. The molecule has 2 N–H and O–H groups in total. The maximum atomic E-state index is 9.08. The highest BCUT2D eigenvalue weighted by atomic mass is 16.3. The van der Waals surface area contributed by atoms with E-state index in [9.17, 15) is 0 Å². The minimum Gasteiger partial charge on any atom is -0.395 e. The normalized spacial score (nSPS) is 11.6. The number of hydrogen-bond donors (Lipinski definition) is 2. The van der Waals surface area contributed by atoms with Crippen LogP contribution in [0.2, 0.25) is 0 Å². The van der Waals surface area contributed by atoms with Crippen LogP contribution < -0.4 is 0 Å². The van der Waals surface area contributed by atoms with Crippen LogP contribution in [0.3, 0.4) is 0 Å². The van der Waals surface area contributed by atoms with Crippen LogP contribution in [0.5, 0.6) is 0 Å². The van der Waals surface area contributed by atoms with Crippen LogP contribution in [0.25, 0.3) is 12.2 Å². The molecule has 0 aliphatic rings. The first-order valence-corrected chi connectivity index (χ1v) is 7.41. The largest absolute Gasteiger partial charge is 0.395 e. The number of hydrogen-bond acceptors (Lipinski definition) is 4. The molecule has 5 heteroatoms. The first-order chi connectivity index (χ1) is 10.7. The molecule has 0 fully saturated rings. The summed E-state index contributed by atoms with van der Waals surface area (Å²) in [7, 11) is 2.03. The van der Waals surface area contributed by atoms with Gasteiger partial charge in [0.1, 0.15) is 0 Å². The Hall–Kier alpha value is -1.95. The summed E-state index contributed by atoms with van der Waals surface area (Å²) in [6.07, 6.45) is 7.68. The van der Waals surface area contributed by atoms with E-state index in [4.69, 9.17) is 10.2 Å².